The van der Waals surface area contributed by atoms with Crippen LogP contribution in [0.25, 0.3) is 138 Å². The molecule has 0 atom stereocenters. The highest BCUT2D eigenvalue weighted by Crippen LogP contribution is 2.44. The van der Waals surface area contributed by atoms with Gasteiger partial charge in [0.05, 0.1) is 50.2 Å². The molecule has 0 unspecified atom stereocenters. The molecule has 0 bridgehead atoms. The molecule has 15 aromatic rings. The van der Waals surface area contributed by atoms with Crippen molar-refractivity contribution in [2.75, 3.05) is 0 Å². The summed E-state index contributed by atoms with van der Waals surface area (Å²) in [4.78, 5) is 11.1. The molecule has 15 rings (SSSR count). The summed E-state index contributed by atoms with van der Waals surface area (Å²) >= 11 is 0. The van der Waals surface area contributed by atoms with Crippen molar-refractivity contribution in [2.24, 2.45) is 0 Å². The summed E-state index contributed by atoms with van der Waals surface area (Å²) in [6, 6.07) is 85.6. The first kappa shape index (κ1) is 37.9. The second-order valence-corrected chi connectivity index (χ2v) is 18.1. The topological polar surface area (TPSA) is 40.6 Å². The number of nitrogens with zero attached hydrogens (tertiary/aromatic N) is 5. The SMILES string of the molecule is c1ccc2c(-c3cc(-c4cccc5ccccc45)nc(-n4c5ccccc5c5ccc(-n6c7ccccc7c7c8c9ccccc9n(-c9cccc%10ccccc9%10)c8ccc76)cc54)n3)cccc2c1. The standard InChI is InChI=1S/C64H39N5/c1-4-22-44-40(16-1)19-13-28-47(44)53-39-54(48-29-14-20-41-17-2-5-23-45(41)48)66-64(65-53)69-56-30-10-7-25-49(56)50-35-34-43(38-61(50)69)67-57-31-11-8-26-51(57)62-59(67)36-37-60-63(62)52-27-9-12-32-58(52)68(60)55-33-15-21-42-18-3-6-24-46(42)55/h1-39H. The van der Waals surface area contributed by atoms with E-state index in [1.54, 1.807) is 0 Å². The molecule has 11 aromatic carbocycles. The first-order valence-electron chi connectivity index (χ1n) is 23.6. The molecular formula is C64H39N5. The molecule has 0 aliphatic heterocycles. The molecule has 0 aliphatic rings. The quantitative estimate of drug-likeness (QED) is 0.173. The average Bonchev–Trinajstić information content (AvgIpc) is 4.05. The largest absolute Gasteiger partial charge is 0.309 e. The van der Waals surface area contributed by atoms with Gasteiger partial charge >= 0.3 is 0 Å². The predicted octanol–water partition coefficient (Wildman–Crippen LogP) is 16.6. The summed E-state index contributed by atoms with van der Waals surface area (Å²) in [7, 11) is 0. The highest BCUT2D eigenvalue weighted by atomic mass is 15.2. The monoisotopic (exact) mass is 877 g/mol. The molecule has 320 valence electrons. The molecule has 0 N–H and O–H groups in total. The molecule has 0 aliphatic carbocycles. The highest BCUT2D eigenvalue weighted by Gasteiger charge is 2.23. The Balaban J connectivity index is 1.01. The van der Waals surface area contributed by atoms with Gasteiger partial charge in [0.15, 0.2) is 0 Å². The van der Waals surface area contributed by atoms with E-state index in [2.05, 4.69) is 250 Å². The number of hydrogen-bond acceptors (Lipinski definition) is 2. The van der Waals surface area contributed by atoms with Crippen LogP contribution < -0.4 is 0 Å². The van der Waals surface area contributed by atoms with E-state index in [4.69, 9.17) is 9.97 Å². The van der Waals surface area contributed by atoms with Crippen molar-refractivity contribution in [3.05, 3.63) is 237 Å². The van der Waals surface area contributed by atoms with Crippen LogP contribution in [0.15, 0.2) is 237 Å². The summed E-state index contributed by atoms with van der Waals surface area (Å²) in [5.41, 5.74) is 12.9. The van der Waals surface area contributed by atoms with Gasteiger partial charge in [0.25, 0.3) is 0 Å². The number of rotatable bonds is 5. The van der Waals surface area contributed by atoms with E-state index in [9.17, 15) is 0 Å². The Morgan fingerprint density at radius 2 is 0.696 bits per heavy atom. The molecule has 4 heterocycles. The maximum atomic E-state index is 5.55. The summed E-state index contributed by atoms with van der Waals surface area (Å²) in [5, 5.41) is 14.3. The third-order valence-electron chi connectivity index (χ3n) is 14.4. The Bertz CT molecular complexity index is 4510. The van der Waals surface area contributed by atoms with Gasteiger partial charge in [-0.3, -0.25) is 4.57 Å². The Kier molecular flexibility index (Phi) is 8.00. The summed E-state index contributed by atoms with van der Waals surface area (Å²) in [5.74, 6) is 0.622. The van der Waals surface area contributed by atoms with E-state index in [-0.39, 0.29) is 0 Å². The average molecular weight is 878 g/mol. The fourth-order valence-corrected chi connectivity index (χ4v) is 11.5. The van der Waals surface area contributed by atoms with Crippen LogP contribution >= 0.6 is 0 Å². The second-order valence-electron chi connectivity index (χ2n) is 18.1. The molecule has 5 heteroatoms. The minimum atomic E-state index is 0.622. The minimum Gasteiger partial charge on any atom is -0.309 e. The Labute approximate surface area is 396 Å². The number of benzene rings is 11. The van der Waals surface area contributed by atoms with E-state index in [1.807, 2.05) is 0 Å². The number of hydrogen-bond donors (Lipinski definition) is 0. The van der Waals surface area contributed by atoms with Crippen molar-refractivity contribution in [3.8, 4) is 39.8 Å². The first-order chi connectivity index (χ1) is 34.2. The van der Waals surface area contributed by atoms with E-state index in [1.165, 1.54) is 59.8 Å². The van der Waals surface area contributed by atoms with Crippen LogP contribution in [-0.2, 0) is 0 Å². The third kappa shape index (κ3) is 5.53. The van der Waals surface area contributed by atoms with E-state index in [0.29, 0.717) is 5.95 Å². The van der Waals surface area contributed by atoms with Gasteiger partial charge in [-0.1, -0.05) is 182 Å². The molecular weight excluding hydrogens is 839 g/mol. The fourth-order valence-electron chi connectivity index (χ4n) is 11.5. The Morgan fingerprint density at radius 3 is 1.30 bits per heavy atom. The molecule has 0 saturated heterocycles. The van der Waals surface area contributed by atoms with Crippen molar-refractivity contribution in [2.45, 2.75) is 0 Å². The summed E-state index contributed by atoms with van der Waals surface area (Å²) in [6.07, 6.45) is 0. The highest BCUT2D eigenvalue weighted by molar-refractivity contribution is 6.29. The van der Waals surface area contributed by atoms with Crippen molar-refractivity contribution in [1.29, 1.82) is 0 Å². The van der Waals surface area contributed by atoms with Gasteiger partial charge in [0.2, 0.25) is 5.95 Å². The maximum Gasteiger partial charge on any atom is 0.235 e. The van der Waals surface area contributed by atoms with E-state index < -0.39 is 0 Å². The summed E-state index contributed by atoms with van der Waals surface area (Å²) < 4.78 is 7.19. The number of para-hydroxylation sites is 3. The molecule has 4 aromatic heterocycles. The summed E-state index contributed by atoms with van der Waals surface area (Å²) in [6.45, 7) is 0. The lowest BCUT2D eigenvalue weighted by molar-refractivity contribution is 0.995. The van der Waals surface area contributed by atoms with E-state index in [0.717, 1.165) is 71.8 Å². The van der Waals surface area contributed by atoms with Crippen molar-refractivity contribution < 1.29 is 0 Å². The van der Waals surface area contributed by atoms with Crippen LogP contribution in [0.3, 0.4) is 0 Å². The van der Waals surface area contributed by atoms with Crippen molar-refractivity contribution >= 4 is 97.7 Å². The van der Waals surface area contributed by atoms with Gasteiger partial charge in [-0.15, -0.1) is 0 Å². The van der Waals surface area contributed by atoms with Crippen molar-refractivity contribution in [1.82, 2.24) is 23.7 Å². The Morgan fingerprint density at radius 1 is 0.261 bits per heavy atom. The zero-order valence-electron chi connectivity index (χ0n) is 37.3. The second kappa shape index (κ2) is 14.6. The fraction of sp³-hybridized carbons (Fsp3) is 0. The van der Waals surface area contributed by atoms with Crippen LogP contribution in [0.4, 0.5) is 0 Å². The first-order valence-corrected chi connectivity index (χ1v) is 23.6. The minimum absolute atomic E-state index is 0.622. The smallest absolute Gasteiger partial charge is 0.235 e. The lowest BCUT2D eigenvalue weighted by Crippen LogP contribution is -2.04. The zero-order valence-corrected chi connectivity index (χ0v) is 37.3. The molecule has 0 radical (unpaired) electrons. The Hall–Kier alpha value is -9.32. The van der Waals surface area contributed by atoms with Crippen LogP contribution in [0.1, 0.15) is 0 Å². The lowest BCUT2D eigenvalue weighted by atomic mass is 9.99. The van der Waals surface area contributed by atoms with Crippen LogP contribution in [-0.4, -0.2) is 23.7 Å². The molecule has 0 amide bonds. The van der Waals surface area contributed by atoms with E-state index >= 15 is 0 Å². The van der Waals surface area contributed by atoms with Crippen LogP contribution in [0, 0.1) is 0 Å². The van der Waals surface area contributed by atoms with Gasteiger partial charge in [-0.2, -0.15) is 0 Å². The predicted molar refractivity (Wildman–Crippen MR) is 288 cm³/mol. The lowest BCUT2D eigenvalue weighted by Gasteiger charge is -2.14. The molecule has 0 saturated carbocycles. The number of aromatic nitrogens is 5. The van der Waals surface area contributed by atoms with Crippen molar-refractivity contribution in [3.63, 3.8) is 0 Å². The molecule has 0 fully saturated rings. The zero-order chi connectivity index (χ0) is 45.2. The normalized spacial score (nSPS) is 12.1. The van der Waals surface area contributed by atoms with Gasteiger partial charge in [0, 0.05) is 54.5 Å². The van der Waals surface area contributed by atoms with Gasteiger partial charge in [-0.25, -0.2) is 9.97 Å². The molecule has 69 heavy (non-hydrogen) atoms. The van der Waals surface area contributed by atoms with Crippen LogP contribution in [0.5, 0.6) is 0 Å². The van der Waals surface area contributed by atoms with Gasteiger partial charge in [0.1, 0.15) is 0 Å². The third-order valence-corrected chi connectivity index (χ3v) is 14.4. The van der Waals surface area contributed by atoms with Gasteiger partial charge < -0.3 is 9.13 Å². The van der Waals surface area contributed by atoms with Crippen LogP contribution in [0.2, 0.25) is 0 Å². The molecule has 0 spiro atoms. The van der Waals surface area contributed by atoms with Gasteiger partial charge in [-0.05, 0) is 81.5 Å². The number of fused-ring (bicyclic) bond motifs is 13. The maximum absolute atomic E-state index is 5.55. The molecule has 5 nitrogen and oxygen atoms in total.